The van der Waals surface area contributed by atoms with E-state index in [9.17, 15) is 10.1 Å². The molecular weight excluding hydrogens is 360 g/mol. The van der Waals surface area contributed by atoms with Gasteiger partial charge in [0.2, 0.25) is 5.95 Å². The van der Waals surface area contributed by atoms with Gasteiger partial charge in [0.25, 0.3) is 5.91 Å². The molecule has 0 bridgehead atoms. The maximum Gasteiger partial charge on any atom is 0.259 e. The number of carbonyl (C=O) groups excluding carboxylic acids is 1. The number of nitriles is 1. The van der Waals surface area contributed by atoms with Crippen LogP contribution in [0.25, 0.3) is 16.0 Å². The number of aryl methyl sites for hydroxylation is 2. The van der Waals surface area contributed by atoms with Crippen LogP contribution in [0, 0.1) is 32.1 Å². The van der Waals surface area contributed by atoms with E-state index in [0.29, 0.717) is 17.1 Å². The van der Waals surface area contributed by atoms with Crippen LogP contribution in [0.1, 0.15) is 32.2 Å². The number of nitrogens with zero attached hydrogens (tertiary/aromatic N) is 4. The Morgan fingerprint density at radius 2 is 2.15 bits per heavy atom. The van der Waals surface area contributed by atoms with Gasteiger partial charge in [-0.15, -0.1) is 11.3 Å². The Balaban J connectivity index is 1.70. The first kappa shape index (κ1) is 17.0. The summed E-state index contributed by atoms with van der Waals surface area (Å²) in [5.74, 6) is 0.116. The topological polar surface area (TPSA) is 99.4 Å². The van der Waals surface area contributed by atoms with E-state index in [0.717, 1.165) is 32.3 Å². The molecule has 0 saturated heterocycles. The molecule has 4 heterocycles. The fraction of sp³-hybridized carbons (Fsp3) is 0.158. The third kappa shape index (κ3) is 2.88. The van der Waals surface area contributed by atoms with Crippen LogP contribution in [0.15, 0.2) is 30.6 Å². The Morgan fingerprint density at radius 3 is 2.89 bits per heavy atom. The molecule has 0 aliphatic heterocycles. The first-order chi connectivity index (χ1) is 13.0. The molecule has 7 nitrogen and oxygen atoms in total. The summed E-state index contributed by atoms with van der Waals surface area (Å²) in [4.78, 5) is 25.3. The first-order valence-electron chi connectivity index (χ1n) is 8.29. The van der Waals surface area contributed by atoms with Crippen LogP contribution in [0.2, 0.25) is 0 Å². The van der Waals surface area contributed by atoms with Gasteiger partial charge in [0.1, 0.15) is 11.1 Å². The summed E-state index contributed by atoms with van der Waals surface area (Å²) in [6.07, 6.45) is 3.31. The molecule has 4 rings (SSSR count). The van der Waals surface area contributed by atoms with Crippen molar-refractivity contribution in [3.63, 3.8) is 0 Å². The van der Waals surface area contributed by atoms with Crippen molar-refractivity contribution in [1.82, 2.24) is 19.5 Å². The zero-order chi connectivity index (χ0) is 19.1. The zero-order valence-corrected chi connectivity index (χ0v) is 15.8. The van der Waals surface area contributed by atoms with Crippen molar-refractivity contribution in [1.29, 1.82) is 5.26 Å². The lowest BCUT2D eigenvalue weighted by molar-refractivity contribution is 0.102. The third-order valence-electron chi connectivity index (χ3n) is 4.35. The number of fused-ring (bicyclic) bond motifs is 1. The van der Waals surface area contributed by atoms with E-state index >= 15 is 0 Å². The zero-order valence-electron chi connectivity index (χ0n) is 15.0. The number of nitrogens with one attached hydrogen (secondary N) is 2. The van der Waals surface area contributed by atoms with Gasteiger partial charge in [-0.3, -0.25) is 15.1 Å². The van der Waals surface area contributed by atoms with Crippen LogP contribution in [-0.2, 0) is 0 Å². The van der Waals surface area contributed by atoms with E-state index in [1.807, 2.05) is 37.5 Å². The molecular formula is C19H16N6OS. The van der Waals surface area contributed by atoms with E-state index in [1.165, 1.54) is 11.3 Å². The van der Waals surface area contributed by atoms with Crippen molar-refractivity contribution in [2.75, 3.05) is 5.32 Å². The fourth-order valence-corrected chi connectivity index (χ4v) is 4.21. The Hall–Kier alpha value is -3.44. The molecule has 0 aliphatic carbocycles. The molecule has 0 atom stereocenters. The van der Waals surface area contributed by atoms with E-state index in [4.69, 9.17) is 0 Å². The van der Waals surface area contributed by atoms with Crippen molar-refractivity contribution in [2.45, 2.75) is 20.8 Å². The number of aromatic amines is 1. The molecule has 4 aromatic heterocycles. The van der Waals surface area contributed by atoms with Gasteiger partial charge < -0.3 is 9.55 Å². The minimum atomic E-state index is -0.256. The van der Waals surface area contributed by atoms with Crippen molar-refractivity contribution >= 4 is 34.2 Å². The Morgan fingerprint density at radius 1 is 1.33 bits per heavy atom. The average Bonchev–Trinajstić information content (AvgIpc) is 3.29. The van der Waals surface area contributed by atoms with E-state index < -0.39 is 0 Å². The third-order valence-corrected chi connectivity index (χ3v) is 5.39. The molecule has 0 fully saturated rings. The lowest BCUT2D eigenvalue weighted by Crippen LogP contribution is -2.14. The van der Waals surface area contributed by atoms with Crippen LogP contribution in [0.4, 0.5) is 5.95 Å². The van der Waals surface area contributed by atoms with Gasteiger partial charge in [-0.2, -0.15) is 5.26 Å². The highest BCUT2D eigenvalue weighted by atomic mass is 32.1. The molecule has 0 spiro atoms. The second-order valence-corrected chi connectivity index (χ2v) is 7.48. The molecule has 134 valence electrons. The molecule has 0 unspecified atom stereocenters. The molecule has 0 aromatic carbocycles. The summed E-state index contributed by atoms with van der Waals surface area (Å²) in [5.41, 5.74) is 4.31. The predicted molar refractivity (Wildman–Crippen MR) is 104 cm³/mol. The minimum absolute atomic E-state index is 0.256. The number of H-pyrrole nitrogens is 1. The maximum atomic E-state index is 12.8. The molecule has 4 aromatic rings. The normalized spacial score (nSPS) is 10.9. The van der Waals surface area contributed by atoms with Gasteiger partial charge in [-0.1, -0.05) is 0 Å². The number of aromatic nitrogens is 4. The van der Waals surface area contributed by atoms with Crippen LogP contribution < -0.4 is 5.32 Å². The molecule has 27 heavy (non-hydrogen) atoms. The summed E-state index contributed by atoms with van der Waals surface area (Å²) < 4.78 is 1.95. The van der Waals surface area contributed by atoms with Gasteiger partial charge in [0.05, 0.1) is 28.4 Å². The quantitative estimate of drug-likeness (QED) is 0.567. The Bertz CT molecular complexity index is 1190. The number of pyridine rings is 1. The van der Waals surface area contributed by atoms with E-state index in [2.05, 4.69) is 26.3 Å². The summed E-state index contributed by atoms with van der Waals surface area (Å²) in [5, 5.41) is 13.0. The summed E-state index contributed by atoms with van der Waals surface area (Å²) >= 11 is 1.54. The number of amides is 1. The highest BCUT2D eigenvalue weighted by Gasteiger charge is 2.20. The van der Waals surface area contributed by atoms with Crippen molar-refractivity contribution in [2.24, 2.45) is 0 Å². The van der Waals surface area contributed by atoms with Crippen LogP contribution in [0.3, 0.4) is 0 Å². The molecule has 0 radical (unpaired) electrons. The fourth-order valence-electron chi connectivity index (χ4n) is 3.14. The van der Waals surface area contributed by atoms with Gasteiger partial charge >= 0.3 is 0 Å². The maximum absolute atomic E-state index is 12.8. The second kappa shape index (κ2) is 6.37. The molecule has 1 amide bonds. The van der Waals surface area contributed by atoms with Crippen molar-refractivity contribution in [3.8, 4) is 11.1 Å². The highest BCUT2D eigenvalue weighted by Crippen LogP contribution is 2.30. The lowest BCUT2D eigenvalue weighted by atomic mass is 10.2. The molecule has 0 saturated carbocycles. The largest absolute Gasteiger partial charge is 0.323 e. The number of anilines is 1. The van der Waals surface area contributed by atoms with Crippen LogP contribution in [0.5, 0.6) is 0 Å². The predicted octanol–water partition coefficient (Wildman–Crippen LogP) is 3.86. The Kier molecular flexibility index (Phi) is 4.01. The number of carbonyl (C=O) groups is 1. The summed E-state index contributed by atoms with van der Waals surface area (Å²) in [7, 11) is 0. The first-order valence-corrected chi connectivity index (χ1v) is 9.10. The standard InChI is InChI=1S/C19H16N6OS/c1-10-6-14(12(3)25(10)18-13(8-20)7-11(2)27-18)17(26)24-19-22-15-4-5-21-9-16(15)23-19/h4-7,9H,1-3H3,(H2,22,23,24,26). The molecule has 8 heteroatoms. The van der Waals surface area contributed by atoms with Crippen molar-refractivity contribution < 1.29 is 4.79 Å². The lowest BCUT2D eigenvalue weighted by Gasteiger charge is -2.08. The smallest absolute Gasteiger partial charge is 0.259 e. The van der Waals surface area contributed by atoms with Crippen LogP contribution in [-0.4, -0.2) is 25.4 Å². The van der Waals surface area contributed by atoms with Gasteiger partial charge in [-0.05, 0) is 39.0 Å². The van der Waals surface area contributed by atoms with Gasteiger partial charge in [0, 0.05) is 22.5 Å². The molecule has 2 N–H and O–H groups in total. The SMILES string of the molecule is Cc1cc(C#N)c(-n2c(C)cc(C(=O)Nc3nc4ccncc4[nH]3)c2C)s1. The number of hydrogen-bond donors (Lipinski definition) is 2. The van der Waals surface area contributed by atoms with Crippen molar-refractivity contribution in [3.05, 3.63) is 58.0 Å². The van der Waals surface area contributed by atoms with Crippen LogP contribution >= 0.6 is 11.3 Å². The second-order valence-electron chi connectivity index (χ2n) is 6.24. The van der Waals surface area contributed by atoms with E-state index in [-0.39, 0.29) is 5.91 Å². The summed E-state index contributed by atoms with van der Waals surface area (Å²) in [6, 6.07) is 7.69. The minimum Gasteiger partial charge on any atom is -0.323 e. The molecule has 0 aliphatic rings. The number of thiophene rings is 1. The van der Waals surface area contributed by atoms with E-state index in [1.54, 1.807) is 18.5 Å². The number of hydrogen-bond acceptors (Lipinski definition) is 5. The summed E-state index contributed by atoms with van der Waals surface area (Å²) in [6.45, 7) is 5.76. The number of imidazole rings is 1. The monoisotopic (exact) mass is 376 g/mol. The van der Waals surface area contributed by atoms with Gasteiger partial charge in [0.15, 0.2) is 0 Å². The highest BCUT2D eigenvalue weighted by molar-refractivity contribution is 7.14. The average molecular weight is 376 g/mol. The van der Waals surface area contributed by atoms with Gasteiger partial charge in [-0.25, -0.2) is 4.98 Å². The number of rotatable bonds is 3. The Labute approximate surface area is 159 Å².